The predicted molar refractivity (Wildman–Crippen MR) is 77.2 cm³/mol. The Kier molecular flexibility index (Phi) is 4.94. The number of carboxylic acids is 1. The molecule has 1 amide bonds. The zero-order chi connectivity index (χ0) is 14.6. The molecule has 0 aliphatic carbocycles. The monoisotopic (exact) mass is 328 g/mol. The molecule has 0 heterocycles. The van der Waals surface area contributed by atoms with E-state index in [0.29, 0.717) is 16.5 Å². The predicted octanol–water partition coefficient (Wildman–Crippen LogP) is 2.60. The molecule has 0 aliphatic heterocycles. The summed E-state index contributed by atoms with van der Waals surface area (Å²) in [7, 11) is 0. The van der Waals surface area contributed by atoms with Gasteiger partial charge in [-0.2, -0.15) is 0 Å². The van der Waals surface area contributed by atoms with E-state index < -0.39 is 11.9 Å². The molecule has 1 aromatic rings. The summed E-state index contributed by atoms with van der Waals surface area (Å²) in [5, 5.41) is 11.9. The Balaban J connectivity index is 2.79. The van der Waals surface area contributed by atoms with Crippen LogP contribution < -0.4 is 11.1 Å². The van der Waals surface area contributed by atoms with Crippen LogP contribution in [0, 0.1) is 0 Å². The molecule has 1 rings (SSSR count). The molecule has 0 unspecified atom stereocenters. The zero-order valence-corrected chi connectivity index (χ0v) is 12.5. The summed E-state index contributed by atoms with van der Waals surface area (Å²) in [6.45, 7) is 3.84. The normalized spacial score (nSPS) is 11.1. The molecule has 0 fully saturated rings. The van der Waals surface area contributed by atoms with Crippen molar-refractivity contribution in [1.82, 2.24) is 0 Å². The van der Waals surface area contributed by atoms with E-state index in [2.05, 4.69) is 21.2 Å². The van der Waals surface area contributed by atoms with Crippen LogP contribution in [0.15, 0.2) is 22.7 Å². The second-order valence-corrected chi connectivity index (χ2v) is 5.82. The molecule has 0 atom stereocenters. The minimum Gasteiger partial charge on any atom is -0.481 e. The molecule has 0 saturated heterocycles. The van der Waals surface area contributed by atoms with Crippen LogP contribution in [0.4, 0.5) is 5.69 Å². The number of rotatable bonds is 6. The van der Waals surface area contributed by atoms with E-state index in [9.17, 15) is 9.59 Å². The van der Waals surface area contributed by atoms with E-state index in [-0.39, 0.29) is 12.0 Å². The summed E-state index contributed by atoms with van der Waals surface area (Å²) in [6.07, 6.45) is 0.595. The van der Waals surface area contributed by atoms with Gasteiger partial charge in [0.15, 0.2) is 0 Å². The Morgan fingerprint density at radius 3 is 2.53 bits per heavy atom. The number of carbonyl (C=O) groups is 2. The molecule has 0 aliphatic rings. The lowest BCUT2D eigenvalue weighted by Gasteiger charge is -2.27. The van der Waals surface area contributed by atoms with Crippen molar-refractivity contribution in [2.75, 3.05) is 5.32 Å². The first-order valence-electron chi connectivity index (χ1n) is 5.80. The van der Waals surface area contributed by atoms with Gasteiger partial charge in [-0.05, 0) is 54.4 Å². The largest absolute Gasteiger partial charge is 0.481 e. The Morgan fingerprint density at radius 1 is 1.42 bits per heavy atom. The number of carbonyl (C=O) groups excluding carboxylic acids is 1. The van der Waals surface area contributed by atoms with E-state index in [1.165, 1.54) is 0 Å². The van der Waals surface area contributed by atoms with Crippen LogP contribution in [0.3, 0.4) is 0 Å². The number of benzene rings is 1. The summed E-state index contributed by atoms with van der Waals surface area (Å²) in [6, 6.07) is 5.12. The topological polar surface area (TPSA) is 92.4 Å². The fraction of sp³-hybridized carbons (Fsp3) is 0.385. The fourth-order valence-electron chi connectivity index (χ4n) is 1.67. The summed E-state index contributed by atoms with van der Waals surface area (Å²) in [5.74, 6) is -1.32. The van der Waals surface area contributed by atoms with Gasteiger partial charge in [-0.15, -0.1) is 0 Å². The van der Waals surface area contributed by atoms with Crippen molar-refractivity contribution < 1.29 is 14.7 Å². The fourth-order valence-corrected chi connectivity index (χ4v) is 2.24. The molecule has 0 aromatic heterocycles. The first-order chi connectivity index (χ1) is 8.71. The van der Waals surface area contributed by atoms with Gasteiger partial charge in [0, 0.05) is 22.1 Å². The Labute approximate surface area is 120 Å². The molecule has 0 bridgehead atoms. The van der Waals surface area contributed by atoms with Crippen molar-refractivity contribution in [2.45, 2.75) is 32.2 Å². The molecule has 0 spiro atoms. The smallest absolute Gasteiger partial charge is 0.303 e. The second-order valence-electron chi connectivity index (χ2n) is 4.96. The summed E-state index contributed by atoms with van der Waals surface area (Å²) in [5.41, 5.74) is 6.07. The maximum atomic E-state index is 11.1. The molecular formula is C13H17BrN2O3. The van der Waals surface area contributed by atoms with E-state index in [4.69, 9.17) is 10.8 Å². The number of hydrogen-bond acceptors (Lipinski definition) is 3. The van der Waals surface area contributed by atoms with Crippen molar-refractivity contribution in [3.8, 4) is 0 Å². The van der Waals surface area contributed by atoms with Gasteiger partial charge in [-0.1, -0.05) is 0 Å². The zero-order valence-electron chi connectivity index (χ0n) is 10.9. The average Bonchev–Trinajstić information content (AvgIpc) is 2.25. The average molecular weight is 329 g/mol. The van der Waals surface area contributed by atoms with Gasteiger partial charge < -0.3 is 16.2 Å². The first-order valence-corrected chi connectivity index (χ1v) is 6.60. The van der Waals surface area contributed by atoms with E-state index in [0.717, 1.165) is 5.69 Å². The molecule has 104 valence electrons. The SMILES string of the molecule is CC(C)(CCC(=O)O)Nc1ccc(C(N)=O)c(Br)c1. The van der Waals surface area contributed by atoms with Gasteiger partial charge in [0.05, 0.1) is 5.56 Å². The van der Waals surface area contributed by atoms with Gasteiger partial charge in [0.25, 0.3) is 0 Å². The van der Waals surface area contributed by atoms with Crippen molar-refractivity contribution in [3.63, 3.8) is 0 Å². The van der Waals surface area contributed by atoms with Crippen LogP contribution in [-0.2, 0) is 4.79 Å². The molecule has 0 saturated carbocycles. The molecule has 4 N–H and O–H groups in total. The third-order valence-corrected chi connectivity index (χ3v) is 3.34. The van der Waals surface area contributed by atoms with Crippen LogP contribution in [0.2, 0.25) is 0 Å². The molecule has 6 heteroatoms. The number of anilines is 1. The van der Waals surface area contributed by atoms with Gasteiger partial charge in [0.1, 0.15) is 0 Å². The van der Waals surface area contributed by atoms with Crippen LogP contribution >= 0.6 is 15.9 Å². The number of hydrogen-bond donors (Lipinski definition) is 3. The van der Waals surface area contributed by atoms with Gasteiger partial charge in [0.2, 0.25) is 5.91 Å². The number of aliphatic carboxylic acids is 1. The minimum absolute atomic E-state index is 0.0978. The number of nitrogens with two attached hydrogens (primary N) is 1. The van der Waals surface area contributed by atoms with Gasteiger partial charge in [-0.25, -0.2) is 0 Å². The minimum atomic E-state index is -0.819. The Hall–Kier alpha value is -1.56. The van der Waals surface area contributed by atoms with E-state index in [1.54, 1.807) is 18.2 Å². The summed E-state index contributed by atoms with van der Waals surface area (Å²) < 4.78 is 0.610. The third kappa shape index (κ3) is 4.90. The third-order valence-electron chi connectivity index (χ3n) is 2.68. The van der Waals surface area contributed by atoms with Crippen molar-refractivity contribution in [1.29, 1.82) is 0 Å². The summed E-state index contributed by atoms with van der Waals surface area (Å²) in [4.78, 5) is 21.7. The van der Waals surface area contributed by atoms with Gasteiger partial charge in [-0.3, -0.25) is 9.59 Å². The van der Waals surface area contributed by atoms with Crippen LogP contribution in [0.1, 0.15) is 37.0 Å². The standard InChI is InChI=1S/C13H17BrN2O3/c1-13(2,6-5-11(17)18)16-8-3-4-9(12(15)19)10(14)7-8/h3-4,7,16H,5-6H2,1-2H3,(H2,15,19)(H,17,18). The highest BCUT2D eigenvalue weighted by atomic mass is 79.9. The molecule has 1 aromatic carbocycles. The Morgan fingerprint density at radius 2 is 2.05 bits per heavy atom. The maximum Gasteiger partial charge on any atom is 0.303 e. The van der Waals surface area contributed by atoms with E-state index in [1.807, 2.05) is 13.8 Å². The van der Waals surface area contributed by atoms with Crippen LogP contribution in [-0.4, -0.2) is 22.5 Å². The lowest BCUT2D eigenvalue weighted by molar-refractivity contribution is -0.137. The highest BCUT2D eigenvalue weighted by Gasteiger charge is 2.19. The molecule has 0 radical (unpaired) electrons. The second kappa shape index (κ2) is 6.06. The number of primary amides is 1. The van der Waals surface area contributed by atoms with Crippen LogP contribution in [0.25, 0.3) is 0 Å². The molecular weight excluding hydrogens is 312 g/mol. The Bertz CT molecular complexity index is 501. The maximum absolute atomic E-state index is 11.1. The molecule has 19 heavy (non-hydrogen) atoms. The lowest BCUT2D eigenvalue weighted by atomic mass is 9.98. The number of halogens is 1. The first kappa shape index (κ1) is 15.5. The quantitative estimate of drug-likeness (QED) is 0.748. The lowest BCUT2D eigenvalue weighted by Crippen LogP contribution is -2.31. The number of nitrogens with one attached hydrogen (secondary N) is 1. The highest BCUT2D eigenvalue weighted by Crippen LogP contribution is 2.25. The van der Waals surface area contributed by atoms with Gasteiger partial charge >= 0.3 is 5.97 Å². The highest BCUT2D eigenvalue weighted by molar-refractivity contribution is 9.10. The van der Waals surface area contributed by atoms with Crippen molar-refractivity contribution in [3.05, 3.63) is 28.2 Å². The number of carboxylic acid groups (broad SMARTS) is 1. The van der Waals surface area contributed by atoms with Crippen molar-refractivity contribution >= 4 is 33.5 Å². The van der Waals surface area contributed by atoms with Crippen molar-refractivity contribution in [2.24, 2.45) is 5.73 Å². The summed E-state index contributed by atoms with van der Waals surface area (Å²) >= 11 is 3.28. The van der Waals surface area contributed by atoms with E-state index >= 15 is 0 Å². The number of amides is 1. The molecule has 5 nitrogen and oxygen atoms in total. The van der Waals surface area contributed by atoms with Crippen LogP contribution in [0.5, 0.6) is 0 Å².